The molecular formula is C20H24F3N3O2S. The number of aromatic nitrogens is 1. The van der Waals surface area contributed by atoms with E-state index in [0.29, 0.717) is 12.5 Å². The summed E-state index contributed by atoms with van der Waals surface area (Å²) in [4.78, 5) is 6.34. The highest BCUT2D eigenvalue weighted by Crippen LogP contribution is 2.33. The summed E-state index contributed by atoms with van der Waals surface area (Å²) in [6, 6.07) is 7.75. The number of sulfonamides is 1. The Labute approximate surface area is 169 Å². The van der Waals surface area contributed by atoms with Crippen molar-refractivity contribution >= 4 is 10.0 Å². The van der Waals surface area contributed by atoms with Crippen LogP contribution in [-0.2, 0) is 16.6 Å². The number of hydrogen-bond donors (Lipinski definition) is 1. The van der Waals surface area contributed by atoms with Gasteiger partial charge in [0.25, 0.3) is 0 Å². The molecule has 2 atom stereocenters. The second-order valence-electron chi connectivity index (χ2n) is 7.46. The number of likely N-dealkylation sites (tertiary alicyclic amines) is 1. The smallest absolute Gasteiger partial charge is 0.298 e. The van der Waals surface area contributed by atoms with Crippen LogP contribution in [0.5, 0.6) is 0 Å². The fourth-order valence-corrected chi connectivity index (χ4v) is 4.42. The molecule has 1 aromatic carbocycles. The summed E-state index contributed by atoms with van der Waals surface area (Å²) in [6.45, 7) is 2.45. The lowest BCUT2D eigenvalue weighted by Gasteiger charge is -2.33. The van der Waals surface area contributed by atoms with Crippen molar-refractivity contribution in [2.75, 3.05) is 19.3 Å². The minimum Gasteiger partial charge on any atom is -0.298 e. The van der Waals surface area contributed by atoms with Gasteiger partial charge in [0.2, 0.25) is 10.0 Å². The van der Waals surface area contributed by atoms with Gasteiger partial charge in [-0.1, -0.05) is 24.3 Å². The monoisotopic (exact) mass is 427 g/mol. The van der Waals surface area contributed by atoms with E-state index in [1.54, 1.807) is 29.2 Å². The third-order valence-corrected chi connectivity index (χ3v) is 5.73. The van der Waals surface area contributed by atoms with E-state index in [1.807, 2.05) is 12.1 Å². The molecule has 2 heterocycles. The van der Waals surface area contributed by atoms with E-state index in [4.69, 9.17) is 0 Å². The quantitative estimate of drug-likeness (QED) is 0.765. The summed E-state index contributed by atoms with van der Waals surface area (Å²) >= 11 is 0. The van der Waals surface area contributed by atoms with Gasteiger partial charge < -0.3 is 0 Å². The van der Waals surface area contributed by atoms with Gasteiger partial charge in [-0.3, -0.25) is 9.88 Å². The van der Waals surface area contributed by atoms with Gasteiger partial charge in [0.15, 0.2) is 0 Å². The third-order valence-electron chi connectivity index (χ3n) is 5.06. The Kier molecular flexibility index (Phi) is 6.60. The van der Waals surface area contributed by atoms with Gasteiger partial charge in [0, 0.05) is 25.5 Å². The molecule has 29 heavy (non-hydrogen) atoms. The third kappa shape index (κ3) is 6.25. The van der Waals surface area contributed by atoms with E-state index in [0.717, 1.165) is 37.8 Å². The van der Waals surface area contributed by atoms with Crippen LogP contribution in [0.4, 0.5) is 13.2 Å². The molecule has 1 fully saturated rings. The van der Waals surface area contributed by atoms with Gasteiger partial charge in [-0.05, 0) is 54.1 Å². The zero-order valence-corrected chi connectivity index (χ0v) is 16.9. The number of alkyl halides is 3. The Morgan fingerprint density at radius 1 is 1.17 bits per heavy atom. The van der Waals surface area contributed by atoms with Crippen LogP contribution in [0.2, 0.25) is 0 Å². The first kappa shape index (κ1) is 21.7. The molecule has 158 valence electrons. The fraction of sp³-hybridized carbons (Fsp3) is 0.450. The van der Waals surface area contributed by atoms with Crippen molar-refractivity contribution in [3.8, 4) is 0 Å². The minimum absolute atomic E-state index is 0.125. The highest BCUT2D eigenvalue weighted by Gasteiger charge is 2.42. The van der Waals surface area contributed by atoms with Crippen molar-refractivity contribution in [2.24, 2.45) is 0 Å². The van der Waals surface area contributed by atoms with E-state index >= 15 is 0 Å². The molecule has 1 unspecified atom stereocenters. The van der Waals surface area contributed by atoms with Gasteiger partial charge in [-0.2, -0.15) is 17.9 Å². The first-order valence-electron chi connectivity index (χ1n) is 9.37. The topological polar surface area (TPSA) is 62.3 Å². The van der Waals surface area contributed by atoms with Crippen molar-refractivity contribution < 1.29 is 21.6 Å². The number of benzene rings is 1. The summed E-state index contributed by atoms with van der Waals surface area (Å²) in [5.74, 6) is 0.416. The summed E-state index contributed by atoms with van der Waals surface area (Å²) in [5, 5.41) is 0. The average molecular weight is 427 g/mol. The Morgan fingerprint density at radius 2 is 1.83 bits per heavy atom. The molecule has 1 aromatic heterocycles. The van der Waals surface area contributed by atoms with E-state index in [1.165, 1.54) is 17.7 Å². The average Bonchev–Trinajstić information content (AvgIpc) is 2.66. The van der Waals surface area contributed by atoms with E-state index in [2.05, 4.69) is 9.88 Å². The van der Waals surface area contributed by atoms with Crippen molar-refractivity contribution in [3.05, 3.63) is 65.5 Å². The van der Waals surface area contributed by atoms with Crippen molar-refractivity contribution in [3.63, 3.8) is 0 Å². The summed E-state index contributed by atoms with van der Waals surface area (Å²) in [6.07, 6.45) is 1.73. The molecule has 5 nitrogen and oxygen atoms in total. The number of piperidine rings is 1. The molecule has 3 rings (SSSR count). The Balaban J connectivity index is 1.68. The molecule has 1 aliphatic rings. The van der Waals surface area contributed by atoms with Crippen LogP contribution < -0.4 is 4.72 Å². The molecule has 2 aromatic rings. The molecule has 0 spiro atoms. The van der Waals surface area contributed by atoms with Gasteiger partial charge in [-0.15, -0.1) is 0 Å². The molecule has 0 aliphatic carbocycles. The highest BCUT2D eigenvalue weighted by atomic mass is 32.2. The lowest BCUT2D eigenvalue weighted by atomic mass is 9.91. The number of nitrogens with one attached hydrogen (secondary N) is 1. The second-order valence-corrected chi connectivity index (χ2v) is 9.24. The Morgan fingerprint density at radius 3 is 2.41 bits per heavy atom. The molecule has 1 N–H and O–H groups in total. The van der Waals surface area contributed by atoms with Crippen LogP contribution in [0.1, 0.15) is 41.5 Å². The van der Waals surface area contributed by atoms with Gasteiger partial charge in [0.05, 0.1) is 6.26 Å². The van der Waals surface area contributed by atoms with Gasteiger partial charge >= 0.3 is 6.18 Å². The summed E-state index contributed by atoms with van der Waals surface area (Å²) < 4.78 is 64.1. The second kappa shape index (κ2) is 8.81. The summed E-state index contributed by atoms with van der Waals surface area (Å²) in [7, 11) is -4.00. The van der Waals surface area contributed by atoms with E-state index < -0.39 is 22.2 Å². The molecule has 0 radical (unpaired) electrons. The van der Waals surface area contributed by atoms with Crippen molar-refractivity contribution in [2.45, 2.75) is 37.5 Å². The first-order chi connectivity index (χ1) is 13.6. The van der Waals surface area contributed by atoms with Crippen molar-refractivity contribution in [1.29, 1.82) is 0 Å². The fourth-order valence-electron chi connectivity index (χ4n) is 3.72. The normalized spacial score (nSPS) is 19.8. The van der Waals surface area contributed by atoms with Crippen molar-refractivity contribution in [1.82, 2.24) is 14.6 Å². The zero-order valence-electron chi connectivity index (χ0n) is 16.1. The summed E-state index contributed by atoms with van der Waals surface area (Å²) in [5.41, 5.74) is 2.02. The lowest BCUT2D eigenvalue weighted by molar-refractivity contribution is -0.153. The first-order valence-corrected chi connectivity index (χ1v) is 11.3. The number of hydrogen-bond acceptors (Lipinski definition) is 4. The van der Waals surface area contributed by atoms with E-state index in [9.17, 15) is 21.6 Å². The van der Waals surface area contributed by atoms with Gasteiger partial charge in [-0.25, -0.2) is 8.42 Å². The standard InChI is InChI=1S/C20H24F3N3O2S/c1-29(27,28)25-19(20(21,22)23)17-6-4-15(5-7-17)13-26-12-2-3-18(14-26)16-8-10-24-11-9-16/h4-11,18-19,25H,2-3,12-14H2,1H3/t18?,19-/m0/s1. The van der Waals surface area contributed by atoms with Crippen LogP contribution in [0, 0.1) is 0 Å². The highest BCUT2D eigenvalue weighted by molar-refractivity contribution is 7.88. The maximum atomic E-state index is 13.3. The Hall–Kier alpha value is -1.97. The number of rotatable bonds is 6. The molecule has 0 bridgehead atoms. The maximum absolute atomic E-state index is 13.3. The molecule has 0 saturated carbocycles. The molecule has 9 heteroatoms. The van der Waals surface area contributed by atoms with Crippen LogP contribution >= 0.6 is 0 Å². The molecular weight excluding hydrogens is 403 g/mol. The van der Waals surface area contributed by atoms with Crippen LogP contribution in [0.25, 0.3) is 0 Å². The van der Waals surface area contributed by atoms with Crippen LogP contribution in [0.3, 0.4) is 0 Å². The van der Waals surface area contributed by atoms with Gasteiger partial charge in [0.1, 0.15) is 6.04 Å². The maximum Gasteiger partial charge on any atom is 0.408 e. The number of halogens is 3. The Bertz CT molecular complexity index is 903. The predicted octanol–water partition coefficient (Wildman–Crippen LogP) is 3.61. The minimum atomic E-state index is -4.71. The number of pyridine rings is 1. The SMILES string of the molecule is CS(=O)(=O)N[C@@H](c1ccc(CN2CCCC(c3ccncc3)C2)cc1)C(F)(F)F. The predicted molar refractivity (Wildman–Crippen MR) is 105 cm³/mol. The van der Waals surface area contributed by atoms with Crippen LogP contribution in [-0.4, -0.2) is 43.8 Å². The lowest BCUT2D eigenvalue weighted by Crippen LogP contribution is -2.37. The zero-order chi connectivity index (χ0) is 21.1. The van der Waals surface area contributed by atoms with Crippen LogP contribution in [0.15, 0.2) is 48.8 Å². The largest absolute Gasteiger partial charge is 0.408 e. The number of nitrogens with zero attached hydrogens (tertiary/aromatic N) is 2. The molecule has 1 saturated heterocycles. The molecule has 1 aliphatic heterocycles. The molecule has 0 amide bonds. The van der Waals surface area contributed by atoms with E-state index in [-0.39, 0.29) is 5.56 Å².